The van der Waals surface area contributed by atoms with Gasteiger partial charge in [-0.15, -0.1) is 0 Å². The lowest BCUT2D eigenvalue weighted by atomic mass is 10.0. The highest BCUT2D eigenvalue weighted by Crippen LogP contribution is 2.25. The smallest absolute Gasteiger partial charge is 0.267 e. The zero-order chi connectivity index (χ0) is 13.0. The number of rotatable bonds is 3. The molecule has 0 heterocycles. The molecule has 1 saturated carbocycles. The molecule has 1 aliphatic rings. The van der Waals surface area contributed by atoms with Crippen molar-refractivity contribution in [3.05, 3.63) is 33.4 Å². The van der Waals surface area contributed by atoms with Crippen LogP contribution in [0.4, 0.5) is 0 Å². The summed E-state index contributed by atoms with van der Waals surface area (Å²) in [5.41, 5.74) is 4.53. The van der Waals surface area contributed by atoms with Gasteiger partial charge in [0.05, 0.1) is 5.56 Å². The molecule has 4 heteroatoms. The van der Waals surface area contributed by atoms with E-state index in [2.05, 4.69) is 40.0 Å². The minimum atomic E-state index is -0.116. The molecule has 0 unspecified atom stereocenters. The summed E-state index contributed by atoms with van der Waals surface area (Å²) >= 11 is 2.17. The number of halogens is 1. The first-order chi connectivity index (χ1) is 8.72. The second-order valence-corrected chi connectivity index (χ2v) is 5.68. The molecule has 0 aromatic heterocycles. The Morgan fingerprint density at radius 1 is 1.50 bits per heavy atom. The van der Waals surface area contributed by atoms with Crippen molar-refractivity contribution in [2.75, 3.05) is 0 Å². The predicted octanol–water partition coefficient (Wildman–Crippen LogP) is 3.59. The van der Waals surface area contributed by atoms with Crippen LogP contribution in [0.15, 0.2) is 29.4 Å². The maximum absolute atomic E-state index is 12.0. The van der Waals surface area contributed by atoms with E-state index in [1.807, 2.05) is 24.3 Å². The number of carbonyl (C=O) groups is 1. The van der Waals surface area contributed by atoms with Gasteiger partial charge in [-0.2, -0.15) is 5.10 Å². The molecule has 2 rings (SSSR count). The fraction of sp³-hybridized carbons (Fsp3) is 0.429. The molecule has 1 aromatic carbocycles. The van der Waals surface area contributed by atoms with Crippen LogP contribution in [0.1, 0.15) is 43.0 Å². The highest BCUT2D eigenvalue weighted by molar-refractivity contribution is 14.1. The van der Waals surface area contributed by atoms with Gasteiger partial charge in [-0.1, -0.05) is 19.1 Å². The Hall–Kier alpha value is -0.910. The summed E-state index contributed by atoms with van der Waals surface area (Å²) in [5.74, 6) is 0.439. The zero-order valence-electron chi connectivity index (χ0n) is 10.4. The van der Waals surface area contributed by atoms with Crippen LogP contribution in [0.3, 0.4) is 0 Å². The van der Waals surface area contributed by atoms with Gasteiger partial charge in [0, 0.05) is 9.28 Å². The summed E-state index contributed by atoms with van der Waals surface area (Å²) in [6.45, 7) is 2.17. The van der Waals surface area contributed by atoms with Crippen LogP contribution in [0.5, 0.6) is 0 Å². The Bertz CT molecular complexity index is 471. The molecule has 96 valence electrons. The number of nitrogens with zero attached hydrogens (tertiary/aromatic N) is 1. The first-order valence-corrected chi connectivity index (χ1v) is 7.41. The molecule has 0 saturated heterocycles. The van der Waals surface area contributed by atoms with Crippen molar-refractivity contribution < 1.29 is 4.79 Å². The van der Waals surface area contributed by atoms with Crippen molar-refractivity contribution in [1.29, 1.82) is 0 Å². The second kappa shape index (κ2) is 6.31. The molecule has 0 aliphatic heterocycles. The average Bonchev–Trinajstić information content (AvgIpc) is 2.84. The van der Waals surface area contributed by atoms with Crippen molar-refractivity contribution >= 4 is 34.2 Å². The number of hydrazone groups is 1. The number of benzene rings is 1. The Labute approximate surface area is 121 Å². The highest BCUT2D eigenvalue weighted by atomic mass is 127. The Balaban J connectivity index is 2.04. The van der Waals surface area contributed by atoms with E-state index in [1.165, 1.54) is 12.8 Å². The Kier molecular flexibility index (Phi) is 4.74. The van der Waals surface area contributed by atoms with Gasteiger partial charge in [0.25, 0.3) is 5.91 Å². The SMILES string of the molecule is CC[C@@H]1CCCC1=NNC(=O)c1ccccc1I. The molecule has 1 aromatic rings. The maximum Gasteiger partial charge on any atom is 0.272 e. The molecule has 3 nitrogen and oxygen atoms in total. The molecule has 1 amide bonds. The summed E-state index contributed by atoms with van der Waals surface area (Å²) in [4.78, 5) is 12.0. The lowest BCUT2D eigenvalue weighted by Gasteiger charge is -2.08. The average molecular weight is 356 g/mol. The van der Waals surface area contributed by atoms with E-state index >= 15 is 0 Å². The van der Waals surface area contributed by atoms with Crippen molar-refractivity contribution in [1.82, 2.24) is 5.43 Å². The van der Waals surface area contributed by atoms with Crippen LogP contribution in [0, 0.1) is 9.49 Å². The van der Waals surface area contributed by atoms with Crippen LogP contribution in [-0.4, -0.2) is 11.6 Å². The van der Waals surface area contributed by atoms with E-state index in [-0.39, 0.29) is 5.91 Å². The fourth-order valence-corrected chi connectivity index (χ4v) is 2.95. The minimum Gasteiger partial charge on any atom is -0.267 e. The number of carbonyl (C=O) groups excluding carboxylic acids is 1. The zero-order valence-corrected chi connectivity index (χ0v) is 12.6. The molecule has 0 bridgehead atoms. The quantitative estimate of drug-likeness (QED) is 0.653. The van der Waals surface area contributed by atoms with Gasteiger partial charge in [-0.25, -0.2) is 5.43 Å². The fourth-order valence-electron chi connectivity index (χ4n) is 2.32. The normalized spacial score (nSPS) is 21.2. The number of nitrogens with one attached hydrogen (secondary N) is 1. The van der Waals surface area contributed by atoms with Gasteiger partial charge in [-0.3, -0.25) is 4.79 Å². The predicted molar refractivity (Wildman–Crippen MR) is 81.7 cm³/mol. The standard InChI is InChI=1S/C14H17IN2O/c1-2-10-6-5-9-13(10)16-17-14(18)11-7-3-4-8-12(11)15/h3-4,7-8,10H,2,5-6,9H2,1H3,(H,17,18)/t10-/m1/s1. The van der Waals surface area contributed by atoms with Crippen molar-refractivity contribution in [3.63, 3.8) is 0 Å². The summed E-state index contributed by atoms with van der Waals surface area (Å²) in [6, 6.07) is 7.54. The molecular formula is C14H17IN2O. The molecule has 0 spiro atoms. The second-order valence-electron chi connectivity index (χ2n) is 4.52. The molecule has 1 aliphatic carbocycles. The largest absolute Gasteiger partial charge is 0.272 e. The number of hydrogen-bond acceptors (Lipinski definition) is 2. The Morgan fingerprint density at radius 2 is 2.28 bits per heavy atom. The monoisotopic (exact) mass is 356 g/mol. The lowest BCUT2D eigenvalue weighted by molar-refractivity contribution is 0.0953. The molecular weight excluding hydrogens is 339 g/mol. The van der Waals surface area contributed by atoms with Gasteiger partial charge < -0.3 is 0 Å². The van der Waals surface area contributed by atoms with Crippen LogP contribution in [0.25, 0.3) is 0 Å². The summed E-state index contributed by atoms with van der Waals surface area (Å²) in [5, 5.41) is 4.31. The third-order valence-electron chi connectivity index (χ3n) is 3.37. The van der Waals surface area contributed by atoms with Crippen molar-refractivity contribution in [3.8, 4) is 0 Å². The third kappa shape index (κ3) is 3.10. The first kappa shape index (κ1) is 13.5. The maximum atomic E-state index is 12.0. The van der Waals surface area contributed by atoms with Gasteiger partial charge in [0.2, 0.25) is 0 Å². The molecule has 0 radical (unpaired) electrons. The molecule has 1 atom stereocenters. The van der Waals surface area contributed by atoms with Crippen LogP contribution in [0.2, 0.25) is 0 Å². The van der Waals surface area contributed by atoms with E-state index in [9.17, 15) is 4.79 Å². The Morgan fingerprint density at radius 3 is 3.00 bits per heavy atom. The summed E-state index contributed by atoms with van der Waals surface area (Å²) in [7, 11) is 0. The number of amides is 1. The minimum absolute atomic E-state index is 0.116. The van der Waals surface area contributed by atoms with Crippen molar-refractivity contribution in [2.24, 2.45) is 11.0 Å². The van der Waals surface area contributed by atoms with Crippen LogP contribution < -0.4 is 5.43 Å². The van der Waals surface area contributed by atoms with Gasteiger partial charge in [-0.05, 0) is 66.3 Å². The van der Waals surface area contributed by atoms with E-state index in [0.717, 1.165) is 22.1 Å². The van der Waals surface area contributed by atoms with E-state index in [1.54, 1.807) is 0 Å². The van der Waals surface area contributed by atoms with E-state index in [4.69, 9.17) is 0 Å². The van der Waals surface area contributed by atoms with E-state index < -0.39 is 0 Å². The first-order valence-electron chi connectivity index (χ1n) is 6.33. The highest BCUT2D eigenvalue weighted by Gasteiger charge is 2.21. The summed E-state index contributed by atoms with van der Waals surface area (Å²) in [6.07, 6.45) is 4.52. The van der Waals surface area contributed by atoms with Crippen LogP contribution >= 0.6 is 22.6 Å². The molecule has 1 fully saturated rings. The van der Waals surface area contributed by atoms with E-state index in [0.29, 0.717) is 11.5 Å². The van der Waals surface area contributed by atoms with Crippen molar-refractivity contribution in [2.45, 2.75) is 32.6 Å². The summed E-state index contributed by atoms with van der Waals surface area (Å²) < 4.78 is 0.950. The number of hydrogen-bond donors (Lipinski definition) is 1. The van der Waals surface area contributed by atoms with Gasteiger partial charge in [0.15, 0.2) is 0 Å². The molecule has 18 heavy (non-hydrogen) atoms. The topological polar surface area (TPSA) is 41.5 Å². The lowest BCUT2D eigenvalue weighted by Crippen LogP contribution is -2.21. The van der Waals surface area contributed by atoms with Crippen LogP contribution in [-0.2, 0) is 0 Å². The van der Waals surface area contributed by atoms with Gasteiger partial charge in [0.1, 0.15) is 0 Å². The molecule has 1 N–H and O–H groups in total. The van der Waals surface area contributed by atoms with Gasteiger partial charge >= 0.3 is 0 Å². The third-order valence-corrected chi connectivity index (χ3v) is 4.31.